The zero-order valence-electron chi connectivity index (χ0n) is 18.4. The maximum absolute atomic E-state index is 12.8. The molecule has 2 rings (SSSR count). The highest BCUT2D eigenvalue weighted by atomic mass is 79.9. The molecule has 0 aliphatic carbocycles. The van der Waals surface area contributed by atoms with Gasteiger partial charge in [0.15, 0.2) is 5.11 Å². The Balaban J connectivity index is 2.00. The summed E-state index contributed by atoms with van der Waals surface area (Å²) in [4.78, 5) is 25.1. The summed E-state index contributed by atoms with van der Waals surface area (Å²) in [7, 11) is 1.62. The molecular weight excluding hydrogens is 494 g/mol. The average Bonchev–Trinajstić information content (AvgIpc) is 2.75. The van der Waals surface area contributed by atoms with E-state index in [0.717, 1.165) is 10.9 Å². The van der Waals surface area contributed by atoms with Crippen LogP contribution in [0.3, 0.4) is 0 Å². The molecule has 0 heterocycles. The zero-order chi connectivity index (χ0) is 23.5. The second-order valence-corrected chi connectivity index (χ2v) is 8.76. The minimum Gasteiger partial charge on any atom is -0.492 e. The van der Waals surface area contributed by atoms with Gasteiger partial charge in [-0.25, -0.2) is 0 Å². The number of hydrogen-bond donors (Lipinski definition) is 3. The predicted octanol–water partition coefficient (Wildman–Crippen LogP) is 4.38. The third-order valence-electron chi connectivity index (χ3n) is 4.18. The number of ether oxygens (including phenoxy) is 2. The Labute approximate surface area is 202 Å². The van der Waals surface area contributed by atoms with Crippen LogP contribution >= 0.6 is 28.1 Å². The lowest BCUT2D eigenvalue weighted by Crippen LogP contribution is -2.34. The summed E-state index contributed by atoms with van der Waals surface area (Å²) < 4.78 is 11.5. The summed E-state index contributed by atoms with van der Waals surface area (Å²) in [5.74, 6) is 0.214. The number of halogens is 1. The maximum Gasteiger partial charge on any atom is 0.261 e. The normalized spacial score (nSPS) is 10.5. The van der Waals surface area contributed by atoms with E-state index in [1.165, 1.54) is 0 Å². The van der Waals surface area contributed by atoms with Gasteiger partial charge >= 0.3 is 0 Å². The number of benzene rings is 2. The molecule has 0 bridgehead atoms. The number of carbonyl (C=O) groups excluding carboxylic acids is 2. The summed E-state index contributed by atoms with van der Waals surface area (Å²) in [6, 6.07) is 12.1. The Kier molecular flexibility index (Phi) is 10.6. The van der Waals surface area contributed by atoms with E-state index in [1.807, 2.05) is 19.9 Å². The second kappa shape index (κ2) is 13.1. The Morgan fingerprint density at radius 2 is 1.91 bits per heavy atom. The zero-order valence-corrected chi connectivity index (χ0v) is 20.8. The van der Waals surface area contributed by atoms with E-state index in [2.05, 4.69) is 31.9 Å². The molecule has 172 valence electrons. The molecule has 0 spiro atoms. The van der Waals surface area contributed by atoms with Crippen molar-refractivity contribution in [3.8, 4) is 5.75 Å². The first-order valence-corrected chi connectivity index (χ1v) is 11.4. The van der Waals surface area contributed by atoms with E-state index in [1.54, 1.807) is 43.5 Å². The van der Waals surface area contributed by atoms with Crippen molar-refractivity contribution >= 4 is 50.8 Å². The van der Waals surface area contributed by atoms with Crippen molar-refractivity contribution in [3.63, 3.8) is 0 Å². The Hall–Kier alpha value is -2.49. The number of methoxy groups -OCH3 is 1. The van der Waals surface area contributed by atoms with Crippen molar-refractivity contribution in [1.29, 1.82) is 0 Å². The summed E-state index contributed by atoms with van der Waals surface area (Å²) in [5, 5.41) is 8.55. The van der Waals surface area contributed by atoms with Crippen LogP contribution in [0, 0.1) is 5.92 Å². The van der Waals surface area contributed by atoms with Crippen LogP contribution in [-0.4, -0.2) is 43.8 Å². The largest absolute Gasteiger partial charge is 0.492 e. The number of hydrogen-bond acceptors (Lipinski definition) is 5. The standard InChI is InChI=1S/C23H28BrN3O4S/c1-15(2)14-31-20-9-8-17(24)13-19(20)22(29)27-23(32)26-18-7-4-6-16(12-18)21(28)25-10-5-11-30-3/h4,6-9,12-13,15H,5,10-11,14H2,1-3H3,(H,25,28)(H2,26,27,29,32). The molecule has 0 atom stereocenters. The lowest BCUT2D eigenvalue weighted by molar-refractivity contribution is 0.0945. The molecule has 0 radical (unpaired) electrons. The van der Waals surface area contributed by atoms with Gasteiger partial charge < -0.3 is 20.1 Å². The highest BCUT2D eigenvalue weighted by molar-refractivity contribution is 9.10. The van der Waals surface area contributed by atoms with Crippen LogP contribution in [-0.2, 0) is 4.74 Å². The summed E-state index contributed by atoms with van der Waals surface area (Å²) in [5.41, 5.74) is 1.44. The van der Waals surface area contributed by atoms with Crippen molar-refractivity contribution in [2.75, 3.05) is 32.2 Å². The van der Waals surface area contributed by atoms with Gasteiger partial charge in [-0.1, -0.05) is 35.8 Å². The Morgan fingerprint density at radius 1 is 1.12 bits per heavy atom. The molecule has 9 heteroatoms. The van der Waals surface area contributed by atoms with Crippen LogP contribution in [0.25, 0.3) is 0 Å². The average molecular weight is 522 g/mol. The van der Waals surface area contributed by atoms with Gasteiger partial charge in [-0.2, -0.15) is 0 Å². The van der Waals surface area contributed by atoms with E-state index in [4.69, 9.17) is 21.7 Å². The van der Waals surface area contributed by atoms with E-state index < -0.39 is 5.91 Å². The van der Waals surface area contributed by atoms with Crippen molar-refractivity contribution in [2.45, 2.75) is 20.3 Å². The van der Waals surface area contributed by atoms with Crippen molar-refractivity contribution in [2.24, 2.45) is 5.92 Å². The van der Waals surface area contributed by atoms with Crippen molar-refractivity contribution in [1.82, 2.24) is 10.6 Å². The number of rotatable bonds is 10. The van der Waals surface area contributed by atoms with E-state index in [9.17, 15) is 9.59 Å². The van der Waals surface area contributed by atoms with Crippen LogP contribution in [0.1, 0.15) is 41.0 Å². The minimum atomic E-state index is -0.394. The number of anilines is 1. The third-order valence-corrected chi connectivity index (χ3v) is 4.88. The monoisotopic (exact) mass is 521 g/mol. The third kappa shape index (κ3) is 8.57. The predicted molar refractivity (Wildman–Crippen MR) is 133 cm³/mol. The first-order valence-electron chi connectivity index (χ1n) is 10.2. The molecule has 2 amide bonds. The van der Waals surface area contributed by atoms with Gasteiger partial charge in [0, 0.05) is 36.0 Å². The van der Waals surface area contributed by atoms with Crippen LogP contribution in [0.15, 0.2) is 46.9 Å². The number of nitrogens with one attached hydrogen (secondary N) is 3. The fraction of sp³-hybridized carbons (Fsp3) is 0.348. The molecule has 0 aliphatic rings. The lowest BCUT2D eigenvalue weighted by atomic mass is 10.2. The van der Waals surface area contributed by atoms with Gasteiger partial charge in [0.1, 0.15) is 5.75 Å². The fourth-order valence-electron chi connectivity index (χ4n) is 2.65. The van der Waals surface area contributed by atoms with Crippen LogP contribution < -0.4 is 20.7 Å². The molecule has 0 aliphatic heterocycles. The highest BCUT2D eigenvalue weighted by Crippen LogP contribution is 2.24. The molecule has 0 aromatic heterocycles. The van der Waals surface area contributed by atoms with E-state index in [0.29, 0.717) is 48.2 Å². The minimum absolute atomic E-state index is 0.113. The number of amides is 2. The quantitative estimate of drug-likeness (QED) is 0.317. The second-order valence-electron chi connectivity index (χ2n) is 7.44. The summed E-state index contributed by atoms with van der Waals surface area (Å²) in [6.45, 7) is 5.66. The SMILES string of the molecule is COCCCNC(=O)c1cccc(NC(=S)NC(=O)c2cc(Br)ccc2OCC(C)C)c1. The van der Waals surface area contributed by atoms with Gasteiger partial charge in [0.2, 0.25) is 0 Å². The maximum atomic E-state index is 12.8. The van der Waals surface area contributed by atoms with Crippen LogP contribution in [0.4, 0.5) is 5.69 Å². The van der Waals surface area contributed by atoms with Crippen LogP contribution in [0.2, 0.25) is 0 Å². The molecule has 0 saturated heterocycles. The molecule has 32 heavy (non-hydrogen) atoms. The van der Waals surface area contributed by atoms with Gasteiger partial charge in [-0.15, -0.1) is 0 Å². The molecule has 2 aromatic rings. The molecule has 2 aromatic carbocycles. The smallest absolute Gasteiger partial charge is 0.261 e. The number of carbonyl (C=O) groups is 2. The van der Waals surface area contributed by atoms with Gasteiger partial charge in [-0.3, -0.25) is 14.9 Å². The molecule has 0 saturated carbocycles. The van der Waals surface area contributed by atoms with Crippen molar-refractivity contribution < 1.29 is 19.1 Å². The van der Waals surface area contributed by atoms with Gasteiger partial charge in [0.05, 0.1) is 12.2 Å². The van der Waals surface area contributed by atoms with E-state index in [-0.39, 0.29) is 11.0 Å². The van der Waals surface area contributed by atoms with Crippen LogP contribution in [0.5, 0.6) is 5.75 Å². The molecule has 0 fully saturated rings. The summed E-state index contributed by atoms with van der Waals surface area (Å²) in [6.07, 6.45) is 0.731. The lowest BCUT2D eigenvalue weighted by Gasteiger charge is -2.15. The Bertz CT molecular complexity index is 953. The van der Waals surface area contributed by atoms with Gasteiger partial charge in [-0.05, 0) is 61.0 Å². The summed E-state index contributed by atoms with van der Waals surface area (Å²) >= 11 is 8.68. The molecule has 7 nitrogen and oxygen atoms in total. The first-order chi connectivity index (χ1) is 15.3. The van der Waals surface area contributed by atoms with Crippen molar-refractivity contribution in [3.05, 3.63) is 58.1 Å². The molecule has 3 N–H and O–H groups in total. The first kappa shape index (κ1) is 25.8. The fourth-order valence-corrected chi connectivity index (χ4v) is 3.23. The molecular formula is C23H28BrN3O4S. The Morgan fingerprint density at radius 3 is 2.62 bits per heavy atom. The van der Waals surface area contributed by atoms with Gasteiger partial charge in [0.25, 0.3) is 11.8 Å². The number of thiocarbonyl (C=S) groups is 1. The molecule has 0 unspecified atom stereocenters. The van der Waals surface area contributed by atoms with E-state index >= 15 is 0 Å². The highest BCUT2D eigenvalue weighted by Gasteiger charge is 2.16. The topological polar surface area (TPSA) is 88.7 Å².